The molecule has 0 fully saturated rings. The van der Waals surface area contributed by atoms with E-state index in [1.165, 1.54) is 6.92 Å². The largest absolute Gasteiger partial charge is 0.447 e. The zero-order chi connectivity index (χ0) is 10.9. The van der Waals surface area contributed by atoms with Crippen molar-refractivity contribution in [3.8, 4) is 0 Å². The van der Waals surface area contributed by atoms with Crippen molar-refractivity contribution in [2.45, 2.75) is 26.4 Å². The van der Waals surface area contributed by atoms with Crippen LogP contribution in [0.15, 0.2) is 22.2 Å². The molecule has 0 aromatic heterocycles. The molecule has 0 bridgehead atoms. The van der Waals surface area contributed by atoms with Gasteiger partial charge in [-0.15, -0.1) is 0 Å². The van der Waals surface area contributed by atoms with Crippen LogP contribution in [0.4, 0.5) is 0 Å². The standard InChI is InChI=1S/C10H11BrO3/c1-6-4-8(11)5-10(3,9(6)13)14-7(2)12/h4-5H,1-3H3. The summed E-state index contributed by atoms with van der Waals surface area (Å²) >= 11 is 3.26. The number of halogens is 1. The first-order valence-corrected chi connectivity index (χ1v) is 4.95. The van der Waals surface area contributed by atoms with Gasteiger partial charge in [-0.2, -0.15) is 0 Å². The third kappa shape index (κ3) is 2.12. The van der Waals surface area contributed by atoms with Crippen LogP contribution >= 0.6 is 15.9 Å². The second-order valence-electron chi connectivity index (χ2n) is 3.39. The molecule has 0 saturated carbocycles. The number of ketones is 1. The molecule has 0 aromatic carbocycles. The lowest BCUT2D eigenvalue weighted by molar-refractivity contribution is -0.157. The summed E-state index contributed by atoms with van der Waals surface area (Å²) in [5.41, 5.74) is -0.591. The summed E-state index contributed by atoms with van der Waals surface area (Å²) in [5, 5.41) is 0. The average molecular weight is 259 g/mol. The quantitative estimate of drug-likeness (QED) is 0.677. The monoisotopic (exact) mass is 258 g/mol. The molecule has 14 heavy (non-hydrogen) atoms. The van der Waals surface area contributed by atoms with Crippen LogP contribution in [0.1, 0.15) is 20.8 Å². The molecular weight excluding hydrogens is 248 g/mol. The summed E-state index contributed by atoms with van der Waals surface area (Å²) in [6, 6.07) is 0. The summed E-state index contributed by atoms with van der Waals surface area (Å²) in [6.45, 7) is 4.56. The molecule has 4 heteroatoms. The summed E-state index contributed by atoms with van der Waals surface area (Å²) in [6.07, 6.45) is 3.29. The van der Waals surface area contributed by atoms with E-state index in [9.17, 15) is 9.59 Å². The fourth-order valence-corrected chi connectivity index (χ4v) is 2.19. The molecule has 1 atom stereocenters. The van der Waals surface area contributed by atoms with E-state index in [0.29, 0.717) is 5.57 Å². The van der Waals surface area contributed by atoms with Crippen LogP contribution in [0.5, 0.6) is 0 Å². The fraction of sp³-hybridized carbons (Fsp3) is 0.400. The van der Waals surface area contributed by atoms with Crippen molar-refractivity contribution in [2.24, 2.45) is 0 Å². The van der Waals surface area contributed by atoms with E-state index in [1.54, 1.807) is 26.0 Å². The van der Waals surface area contributed by atoms with E-state index in [-0.39, 0.29) is 5.78 Å². The molecule has 1 rings (SSSR count). The molecule has 0 spiro atoms. The zero-order valence-corrected chi connectivity index (χ0v) is 9.84. The summed E-state index contributed by atoms with van der Waals surface area (Å²) < 4.78 is 5.74. The average Bonchev–Trinajstić information content (AvgIpc) is 1.98. The lowest BCUT2D eigenvalue weighted by Gasteiger charge is -2.27. The maximum Gasteiger partial charge on any atom is 0.303 e. The van der Waals surface area contributed by atoms with Crippen molar-refractivity contribution in [3.63, 3.8) is 0 Å². The number of rotatable bonds is 1. The van der Waals surface area contributed by atoms with Crippen LogP contribution < -0.4 is 0 Å². The van der Waals surface area contributed by atoms with Gasteiger partial charge in [0, 0.05) is 11.4 Å². The van der Waals surface area contributed by atoms with Gasteiger partial charge >= 0.3 is 5.97 Å². The highest BCUT2D eigenvalue weighted by molar-refractivity contribution is 9.11. The van der Waals surface area contributed by atoms with Crippen molar-refractivity contribution < 1.29 is 14.3 Å². The fourth-order valence-electron chi connectivity index (χ4n) is 1.41. The minimum Gasteiger partial charge on any atom is -0.447 e. The van der Waals surface area contributed by atoms with Crippen LogP contribution in [0.25, 0.3) is 0 Å². The Balaban J connectivity index is 3.06. The van der Waals surface area contributed by atoms with Crippen LogP contribution in [0.3, 0.4) is 0 Å². The highest BCUT2D eigenvalue weighted by Crippen LogP contribution is 2.28. The lowest BCUT2D eigenvalue weighted by atomic mass is 9.90. The Morgan fingerprint density at radius 3 is 2.64 bits per heavy atom. The first-order chi connectivity index (χ1) is 6.35. The first-order valence-electron chi connectivity index (χ1n) is 4.16. The van der Waals surface area contributed by atoms with Gasteiger partial charge in [0.1, 0.15) is 0 Å². The number of esters is 1. The van der Waals surface area contributed by atoms with Crippen molar-refractivity contribution >= 4 is 27.7 Å². The molecule has 1 aliphatic rings. The van der Waals surface area contributed by atoms with Crippen molar-refractivity contribution in [3.05, 3.63) is 22.2 Å². The smallest absolute Gasteiger partial charge is 0.303 e. The highest BCUT2D eigenvalue weighted by Gasteiger charge is 2.37. The Bertz CT molecular complexity index is 354. The summed E-state index contributed by atoms with van der Waals surface area (Å²) in [7, 11) is 0. The molecule has 0 heterocycles. The summed E-state index contributed by atoms with van der Waals surface area (Å²) in [4.78, 5) is 22.6. The molecule has 0 N–H and O–H groups in total. The third-order valence-electron chi connectivity index (χ3n) is 1.93. The van der Waals surface area contributed by atoms with Crippen LogP contribution in [-0.2, 0) is 14.3 Å². The molecule has 1 unspecified atom stereocenters. The number of ether oxygens (including phenoxy) is 1. The van der Waals surface area contributed by atoms with Crippen LogP contribution in [0.2, 0.25) is 0 Å². The SMILES string of the molecule is CC(=O)OC1(C)C=C(Br)C=C(C)C1=O. The Hall–Kier alpha value is -0.900. The second-order valence-corrected chi connectivity index (χ2v) is 4.30. The zero-order valence-electron chi connectivity index (χ0n) is 8.26. The van der Waals surface area contributed by atoms with E-state index in [1.807, 2.05) is 0 Å². The molecule has 1 aliphatic carbocycles. The molecule has 0 aromatic rings. The molecule has 0 saturated heterocycles. The Kier molecular flexibility index (Phi) is 2.95. The first kappa shape index (κ1) is 11.2. The number of carbonyl (C=O) groups excluding carboxylic acids is 2. The number of carbonyl (C=O) groups is 2. The van der Waals surface area contributed by atoms with Crippen molar-refractivity contribution in [1.82, 2.24) is 0 Å². The highest BCUT2D eigenvalue weighted by atomic mass is 79.9. The van der Waals surface area contributed by atoms with Gasteiger partial charge in [0.25, 0.3) is 0 Å². The maximum absolute atomic E-state index is 11.7. The Morgan fingerprint density at radius 1 is 1.57 bits per heavy atom. The van der Waals surface area contributed by atoms with Gasteiger partial charge in [0.2, 0.25) is 5.78 Å². The van der Waals surface area contributed by atoms with Crippen molar-refractivity contribution in [2.75, 3.05) is 0 Å². The minimum atomic E-state index is -1.16. The van der Waals surface area contributed by atoms with Gasteiger partial charge in [0.15, 0.2) is 5.60 Å². The Labute approximate surface area is 90.9 Å². The van der Waals surface area contributed by atoms with Gasteiger partial charge in [-0.3, -0.25) is 9.59 Å². The minimum absolute atomic E-state index is 0.184. The van der Waals surface area contributed by atoms with Crippen LogP contribution in [-0.4, -0.2) is 17.4 Å². The normalized spacial score (nSPS) is 26.7. The van der Waals surface area contributed by atoms with E-state index in [2.05, 4.69) is 15.9 Å². The number of hydrogen-bond donors (Lipinski definition) is 0. The van der Waals surface area contributed by atoms with Gasteiger partial charge < -0.3 is 4.74 Å². The lowest BCUT2D eigenvalue weighted by Crippen LogP contribution is -2.40. The van der Waals surface area contributed by atoms with E-state index < -0.39 is 11.6 Å². The number of allylic oxidation sites excluding steroid dienone is 2. The summed E-state index contributed by atoms with van der Waals surface area (Å²) in [5.74, 6) is -0.650. The van der Waals surface area contributed by atoms with Gasteiger partial charge in [-0.05, 0) is 31.6 Å². The second kappa shape index (κ2) is 3.69. The molecular formula is C10H11BrO3. The molecule has 3 nitrogen and oxygen atoms in total. The predicted octanol–water partition coefficient (Wildman–Crippen LogP) is 2.12. The van der Waals surface area contributed by atoms with Crippen molar-refractivity contribution in [1.29, 1.82) is 0 Å². The third-order valence-corrected chi connectivity index (χ3v) is 2.39. The maximum atomic E-state index is 11.7. The number of Topliss-reactive ketones (excluding diaryl/α,β-unsaturated/α-hetero) is 1. The van der Waals surface area contributed by atoms with Gasteiger partial charge in [-0.25, -0.2) is 0 Å². The Morgan fingerprint density at radius 2 is 2.14 bits per heavy atom. The topological polar surface area (TPSA) is 43.4 Å². The van der Waals surface area contributed by atoms with E-state index in [4.69, 9.17) is 4.74 Å². The van der Waals surface area contributed by atoms with E-state index >= 15 is 0 Å². The molecule has 76 valence electrons. The molecule has 0 amide bonds. The molecule has 0 radical (unpaired) electrons. The predicted molar refractivity (Wildman–Crippen MR) is 55.9 cm³/mol. The van der Waals surface area contributed by atoms with Gasteiger partial charge in [-0.1, -0.05) is 15.9 Å². The van der Waals surface area contributed by atoms with Gasteiger partial charge in [0.05, 0.1) is 0 Å². The van der Waals surface area contributed by atoms with E-state index in [0.717, 1.165) is 4.48 Å². The number of hydrogen-bond acceptors (Lipinski definition) is 3. The molecule has 0 aliphatic heterocycles. The van der Waals surface area contributed by atoms with Crippen LogP contribution in [0, 0.1) is 0 Å².